The molecule has 0 bridgehead atoms. The minimum Gasteiger partial charge on any atom is -0.369 e. The second-order valence-corrected chi connectivity index (χ2v) is 7.55. The van der Waals surface area contributed by atoms with E-state index < -0.39 is 0 Å². The predicted octanol–water partition coefficient (Wildman–Crippen LogP) is 3.53. The Bertz CT molecular complexity index is 969. The van der Waals surface area contributed by atoms with Gasteiger partial charge in [-0.3, -0.25) is 9.88 Å². The van der Waals surface area contributed by atoms with Crippen molar-refractivity contribution < 1.29 is 4.39 Å². The summed E-state index contributed by atoms with van der Waals surface area (Å²) in [7, 11) is 0. The van der Waals surface area contributed by atoms with Crippen molar-refractivity contribution in [3.05, 3.63) is 65.7 Å². The number of nitrogens with one attached hydrogen (secondary N) is 1. The van der Waals surface area contributed by atoms with Crippen LogP contribution in [0.1, 0.15) is 11.3 Å². The largest absolute Gasteiger partial charge is 0.369 e. The fourth-order valence-corrected chi connectivity index (χ4v) is 3.62. The lowest BCUT2D eigenvalue weighted by Crippen LogP contribution is -2.47. The molecule has 0 amide bonds. The number of nitrogens with zero attached hydrogens (tertiary/aromatic N) is 5. The van der Waals surface area contributed by atoms with Gasteiger partial charge in [0.25, 0.3) is 0 Å². The van der Waals surface area contributed by atoms with Crippen LogP contribution in [0.4, 0.5) is 15.9 Å². The summed E-state index contributed by atoms with van der Waals surface area (Å²) in [6, 6.07) is 12.5. The minimum absolute atomic E-state index is 0.190. The summed E-state index contributed by atoms with van der Waals surface area (Å²) in [5.74, 6) is 1.33. The maximum Gasteiger partial charge on any atom is 0.180 e. The van der Waals surface area contributed by atoms with Gasteiger partial charge < -0.3 is 10.2 Å². The fourth-order valence-electron chi connectivity index (χ4n) is 3.62. The van der Waals surface area contributed by atoms with Crippen molar-refractivity contribution in [2.75, 3.05) is 49.5 Å². The zero-order valence-electron chi connectivity index (χ0n) is 17.5. The number of benzene rings is 1. The van der Waals surface area contributed by atoms with Crippen LogP contribution in [0.5, 0.6) is 0 Å². The third-order valence-electron chi connectivity index (χ3n) is 5.57. The lowest BCUT2D eigenvalue weighted by molar-refractivity contribution is 0.267. The number of aryl methyl sites for hydroxylation is 1. The third-order valence-corrected chi connectivity index (χ3v) is 5.57. The molecule has 30 heavy (non-hydrogen) atoms. The Morgan fingerprint density at radius 1 is 0.967 bits per heavy atom. The predicted molar refractivity (Wildman–Crippen MR) is 118 cm³/mol. The maximum atomic E-state index is 13.1. The number of hydrogen-bond donors (Lipinski definition) is 1. The first-order valence-corrected chi connectivity index (χ1v) is 10.3. The average Bonchev–Trinajstić information content (AvgIpc) is 2.78. The molecule has 0 aliphatic carbocycles. The molecule has 0 radical (unpaired) electrons. The molecule has 4 rings (SSSR count). The summed E-state index contributed by atoms with van der Waals surface area (Å²) in [6.45, 7) is 9.67. The first kappa shape index (κ1) is 20.2. The van der Waals surface area contributed by atoms with Gasteiger partial charge in [-0.1, -0.05) is 6.07 Å². The molecule has 1 aromatic carbocycles. The number of aromatic nitrogens is 3. The summed E-state index contributed by atoms with van der Waals surface area (Å²) in [6.07, 6.45) is 1.76. The first-order valence-electron chi connectivity index (χ1n) is 10.3. The molecular formula is C23H27FN6. The zero-order valence-corrected chi connectivity index (χ0v) is 17.5. The van der Waals surface area contributed by atoms with Crippen LogP contribution in [0.25, 0.3) is 11.5 Å². The molecule has 0 unspecified atom stereocenters. The summed E-state index contributed by atoms with van der Waals surface area (Å²) in [5, 5.41) is 3.48. The Hall–Kier alpha value is -3.06. The number of rotatable bonds is 6. The highest BCUT2D eigenvalue weighted by atomic mass is 19.1. The van der Waals surface area contributed by atoms with Crippen LogP contribution < -0.4 is 10.2 Å². The molecule has 6 nitrogen and oxygen atoms in total. The van der Waals surface area contributed by atoms with Crippen molar-refractivity contribution in [3.63, 3.8) is 0 Å². The van der Waals surface area contributed by atoms with Crippen molar-refractivity contribution >= 4 is 11.5 Å². The van der Waals surface area contributed by atoms with Gasteiger partial charge in [-0.15, -0.1) is 0 Å². The van der Waals surface area contributed by atoms with Crippen molar-refractivity contribution in [3.8, 4) is 11.5 Å². The van der Waals surface area contributed by atoms with E-state index in [9.17, 15) is 4.39 Å². The van der Waals surface area contributed by atoms with E-state index in [1.165, 1.54) is 12.1 Å². The smallest absolute Gasteiger partial charge is 0.180 e. The van der Waals surface area contributed by atoms with Crippen LogP contribution in [0, 0.1) is 19.7 Å². The summed E-state index contributed by atoms with van der Waals surface area (Å²) < 4.78 is 13.1. The molecular weight excluding hydrogens is 379 g/mol. The lowest BCUT2D eigenvalue weighted by atomic mass is 10.2. The zero-order chi connectivity index (χ0) is 20.9. The molecule has 3 heterocycles. The summed E-state index contributed by atoms with van der Waals surface area (Å²) >= 11 is 0. The van der Waals surface area contributed by atoms with Gasteiger partial charge in [0, 0.05) is 62.4 Å². The number of anilines is 2. The Labute approximate surface area is 176 Å². The first-order chi connectivity index (χ1) is 14.6. The van der Waals surface area contributed by atoms with E-state index in [1.807, 2.05) is 44.2 Å². The van der Waals surface area contributed by atoms with E-state index in [1.54, 1.807) is 6.20 Å². The van der Waals surface area contributed by atoms with Gasteiger partial charge in [0.05, 0.1) is 0 Å². The normalized spacial score (nSPS) is 14.7. The number of piperazine rings is 1. The highest BCUT2D eigenvalue weighted by Crippen LogP contribution is 2.20. The molecule has 7 heteroatoms. The van der Waals surface area contributed by atoms with E-state index >= 15 is 0 Å². The fraction of sp³-hybridized carbons (Fsp3) is 0.348. The van der Waals surface area contributed by atoms with Crippen LogP contribution in [0.3, 0.4) is 0 Å². The molecule has 0 atom stereocenters. The van der Waals surface area contributed by atoms with E-state index in [0.717, 1.165) is 67.7 Å². The molecule has 1 fully saturated rings. The van der Waals surface area contributed by atoms with Crippen molar-refractivity contribution in [2.24, 2.45) is 0 Å². The Morgan fingerprint density at radius 2 is 1.73 bits per heavy atom. The Balaban J connectivity index is 1.32. The third kappa shape index (κ3) is 4.74. The Morgan fingerprint density at radius 3 is 2.43 bits per heavy atom. The van der Waals surface area contributed by atoms with E-state index in [-0.39, 0.29) is 5.82 Å². The molecule has 0 saturated carbocycles. The summed E-state index contributed by atoms with van der Waals surface area (Å²) in [5.41, 5.74) is 3.89. The van der Waals surface area contributed by atoms with Gasteiger partial charge in [-0.2, -0.15) is 0 Å². The lowest BCUT2D eigenvalue weighted by Gasteiger charge is -2.36. The van der Waals surface area contributed by atoms with Crippen molar-refractivity contribution in [1.82, 2.24) is 19.9 Å². The number of halogens is 1. The monoisotopic (exact) mass is 406 g/mol. The SMILES string of the molecule is Cc1nc(-c2ccccn2)nc(NCCN2CCN(c3ccc(F)cc3)CC2)c1C. The molecule has 1 saturated heterocycles. The number of hydrogen-bond acceptors (Lipinski definition) is 6. The van der Waals surface area contributed by atoms with Crippen LogP contribution >= 0.6 is 0 Å². The highest BCUT2D eigenvalue weighted by molar-refractivity contribution is 5.56. The second kappa shape index (κ2) is 9.17. The second-order valence-electron chi connectivity index (χ2n) is 7.55. The van der Waals surface area contributed by atoms with Gasteiger partial charge in [0.1, 0.15) is 17.3 Å². The van der Waals surface area contributed by atoms with Gasteiger partial charge >= 0.3 is 0 Å². The molecule has 1 N–H and O–H groups in total. The highest BCUT2D eigenvalue weighted by Gasteiger charge is 2.17. The topological polar surface area (TPSA) is 57.2 Å². The quantitative estimate of drug-likeness (QED) is 0.676. The molecule has 0 spiro atoms. The standard InChI is InChI=1S/C23H27FN6/c1-17-18(2)27-23(21-5-3-4-10-25-21)28-22(17)26-11-12-29-13-15-30(16-14-29)20-8-6-19(24)7-9-20/h3-10H,11-16H2,1-2H3,(H,26,27,28). The number of pyridine rings is 1. The van der Waals surface area contributed by atoms with Crippen molar-refractivity contribution in [1.29, 1.82) is 0 Å². The molecule has 1 aliphatic heterocycles. The average molecular weight is 407 g/mol. The van der Waals surface area contributed by atoms with E-state index in [0.29, 0.717) is 5.82 Å². The summed E-state index contributed by atoms with van der Waals surface area (Å²) in [4.78, 5) is 18.4. The molecule has 156 valence electrons. The molecule has 3 aromatic rings. The van der Waals surface area contributed by atoms with Crippen LogP contribution in [0.2, 0.25) is 0 Å². The van der Waals surface area contributed by atoms with E-state index in [4.69, 9.17) is 4.98 Å². The van der Waals surface area contributed by atoms with Gasteiger partial charge in [-0.25, -0.2) is 14.4 Å². The van der Waals surface area contributed by atoms with Gasteiger partial charge in [0.2, 0.25) is 0 Å². The van der Waals surface area contributed by atoms with Crippen molar-refractivity contribution in [2.45, 2.75) is 13.8 Å². The van der Waals surface area contributed by atoms with E-state index in [2.05, 4.69) is 25.1 Å². The Kier molecular flexibility index (Phi) is 6.18. The van der Waals surface area contributed by atoms with Crippen LogP contribution in [0.15, 0.2) is 48.7 Å². The van der Waals surface area contributed by atoms with Crippen LogP contribution in [-0.2, 0) is 0 Å². The maximum absolute atomic E-state index is 13.1. The van der Waals surface area contributed by atoms with Gasteiger partial charge in [-0.05, 0) is 50.2 Å². The molecule has 1 aliphatic rings. The minimum atomic E-state index is -0.190. The van der Waals surface area contributed by atoms with Crippen LogP contribution in [-0.4, -0.2) is 59.1 Å². The molecule has 2 aromatic heterocycles. The van der Waals surface area contributed by atoms with Gasteiger partial charge in [0.15, 0.2) is 5.82 Å².